The molecule has 0 saturated heterocycles. The van der Waals surface area contributed by atoms with E-state index in [4.69, 9.17) is 9.84 Å². The van der Waals surface area contributed by atoms with Crippen molar-refractivity contribution in [2.45, 2.75) is 26.3 Å². The zero-order valence-electron chi connectivity index (χ0n) is 11.0. The minimum atomic E-state index is -1.09. The van der Waals surface area contributed by atoms with Crippen molar-refractivity contribution in [2.24, 2.45) is 0 Å². The van der Waals surface area contributed by atoms with E-state index in [2.05, 4.69) is 4.98 Å². The zero-order valence-corrected chi connectivity index (χ0v) is 11.0. The molecule has 2 heterocycles. The van der Waals surface area contributed by atoms with Crippen LogP contribution >= 0.6 is 0 Å². The summed E-state index contributed by atoms with van der Waals surface area (Å²) in [6.07, 6.45) is 3.35. The number of nitrogens with zero attached hydrogens (tertiary/aromatic N) is 2. The van der Waals surface area contributed by atoms with E-state index in [1.807, 2.05) is 0 Å². The predicted octanol–water partition coefficient (Wildman–Crippen LogP) is 0.682. The Bertz CT molecular complexity index is 645. The van der Waals surface area contributed by atoms with E-state index in [-0.39, 0.29) is 12.2 Å². The van der Waals surface area contributed by atoms with Crippen molar-refractivity contribution in [1.82, 2.24) is 9.55 Å². The quantitative estimate of drug-likeness (QED) is 0.645. The van der Waals surface area contributed by atoms with Gasteiger partial charge in [0, 0.05) is 24.4 Å². The molecular weight excluding hydrogens is 264 g/mol. The Hall–Kier alpha value is -2.44. The number of allylic oxidation sites excluding steroid dienone is 1. The van der Waals surface area contributed by atoms with E-state index < -0.39 is 17.5 Å². The van der Waals surface area contributed by atoms with Gasteiger partial charge in [-0.15, -0.1) is 0 Å². The van der Waals surface area contributed by atoms with Crippen LogP contribution in [0.4, 0.5) is 0 Å². The Labute approximate surface area is 114 Å². The van der Waals surface area contributed by atoms with Gasteiger partial charge in [-0.3, -0.25) is 9.36 Å². The smallest absolute Gasteiger partial charge is 0.345 e. The SMILES string of the molecule is CCOC(=O)c1cnc2n(c1=O)CCCC2=CC(=O)O. The summed E-state index contributed by atoms with van der Waals surface area (Å²) >= 11 is 0. The van der Waals surface area contributed by atoms with Gasteiger partial charge in [-0.2, -0.15) is 0 Å². The Morgan fingerprint density at radius 3 is 2.95 bits per heavy atom. The number of aromatic nitrogens is 2. The van der Waals surface area contributed by atoms with E-state index in [1.165, 1.54) is 4.57 Å². The highest BCUT2D eigenvalue weighted by Gasteiger charge is 2.22. The van der Waals surface area contributed by atoms with Crippen LogP contribution in [0.1, 0.15) is 35.9 Å². The summed E-state index contributed by atoms with van der Waals surface area (Å²) in [4.78, 5) is 38.6. The number of ether oxygens (including phenoxy) is 1. The molecule has 0 aromatic carbocycles. The topological polar surface area (TPSA) is 98.5 Å². The first kappa shape index (κ1) is 14.0. The molecule has 1 aromatic heterocycles. The van der Waals surface area contributed by atoms with Crippen molar-refractivity contribution in [2.75, 3.05) is 6.61 Å². The summed E-state index contributed by atoms with van der Waals surface area (Å²) in [6.45, 7) is 2.23. The van der Waals surface area contributed by atoms with Gasteiger partial charge in [0.05, 0.1) is 6.61 Å². The molecule has 0 atom stereocenters. The molecule has 1 N–H and O–H groups in total. The molecule has 0 radical (unpaired) electrons. The summed E-state index contributed by atoms with van der Waals surface area (Å²) in [5.74, 6) is -1.50. The molecule has 1 aromatic rings. The van der Waals surface area contributed by atoms with Gasteiger partial charge in [-0.1, -0.05) is 0 Å². The summed E-state index contributed by atoms with van der Waals surface area (Å²) in [5.41, 5.74) is -0.145. The number of fused-ring (bicyclic) bond motifs is 1. The van der Waals surface area contributed by atoms with E-state index in [0.29, 0.717) is 30.8 Å². The van der Waals surface area contributed by atoms with E-state index >= 15 is 0 Å². The van der Waals surface area contributed by atoms with Crippen LogP contribution in [-0.2, 0) is 16.1 Å². The summed E-state index contributed by atoms with van der Waals surface area (Å²) in [7, 11) is 0. The Morgan fingerprint density at radius 1 is 1.55 bits per heavy atom. The second kappa shape index (κ2) is 5.68. The largest absolute Gasteiger partial charge is 0.478 e. The number of carboxylic acids is 1. The number of hydrogen-bond donors (Lipinski definition) is 1. The summed E-state index contributed by atoms with van der Waals surface area (Å²) < 4.78 is 6.11. The van der Waals surface area contributed by atoms with Crippen molar-refractivity contribution in [1.29, 1.82) is 0 Å². The molecule has 0 saturated carbocycles. The van der Waals surface area contributed by atoms with E-state index in [9.17, 15) is 14.4 Å². The number of esters is 1. The van der Waals surface area contributed by atoms with Crippen LogP contribution in [0, 0.1) is 0 Å². The first-order chi connectivity index (χ1) is 9.54. The molecule has 106 valence electrons. The van der Waals surface area contributed by atoms with Crippen LogP contribution in [0.3, 0.4) is 0 Å². The normalized spacial score (nSPS) is 15.8. The maximum atomic E-state index is 12.2. The van der Waals surface area contributed by atoms with Crippen LogP contribution in [0.15, 0.2) is 17.1 Å². The van der Waals surface area contributed by atoms with Crippen molar-refractivity contribution in [3.63, 3.8) is 0 Å². The molecule has 0 unspecified atom stereocenters. The van der Waals surface area contributed by atoms with Crippen molar-refractivity contribution < 1.29 is 19.4 Å². The number of carbonyl (C=O) groups excluding carboxylic acids is 1. The minimum absolute atomic E-state index is 0.132. The molecule has 0 fully saturated rings. The predicted molar refractivity (Wildman–Crippen MR) is 69.3 cm³/mol. The van der Waals surface area contributed by atoms with Crippen molar-refractivity contribution >= 4 is 17.5 Å². The summed E-state index contributed by atoms with van der Waals surface area (Å²) in [5, 5.41) is 8.81. The number of aliphatic carboxylic acids is 1. The molecule has 0 spiro atoms. The molecule has 7 nitrogen and oxygen atoms in total. The number of carboxylic acid groups (broad SMARTS) is 1. The average molecular weight is 278 g/mol. The van der Waals surface area contributed by atoms with Gasteiger partial charge >= 0.3 is 11.9 Å². The Kier molecular flexibility index (Phi) is 3.97. The molecule has 20 heavy (non-hydrogen) atoms. The number of carbonyl (C=O) groups is 2. The lowest BCUT2D eigenvalue weighted by Crippen LogP contribution is -2.32. The third kappa shape index (κ3) is 2.61. The molecule has 7 heteroatoms. The molecule has 0 amide bonds. The Balaban J connectivity index is 2.51. The van der Waals surface area contributed by atoms with Gasteiger partial charge in [0.15, 0.2) is 0 Å². The first-order valence-corrected chi connectivity index (χ1v) is 6.25. The molecular formula is C13H14N2O5. The van der Waals surface area contributed by atoms with Crippen LogP contribution < -0.4 is 5.56 Å². The fraction of sp³-hybridized carbons (Fsp3) is 0.385. The van der Waals surface area contributed by atoms with Gasteiger partial charge in [-0.25, -0.2) is 14.6 Å². The number of hydrogen-bond acceptors (Lipinski definition) is 5. The monoisotopic (exact) mass is 278 g/mol. The fourth-order valence-electron chi connectivity index (χ4n) is 2.13. The van der Waals surface area contributed by atoms with E-state index in [1.54, 1.807) is 6.92 Å². The second-order valence-corrected chi connectivity index (χ2v) is 4.28. The standard InChI is InChI=1S/C13H14N2O5/c1-2-20-13(19)9-7-14-11-8(6-10(16)17)4-3-5-15(11)12(9)18/h6-7H,2-5H2,1H3,(H,16,17). The lowest BCUT2D eigenvalue weighted by Gasteiger charge is -2.19. The maximum Gasteiger partial charge on any atom is 0.345 e. The van der Waals surface area contributed by atoms with Gasteiger partial charge in [0.25, 0.3) is 5.56 Å². The van der Waals surface area contributed by atoms with Crippen LogP contribution in [0.5, 0.6) is 0 Å². The molecule has 1 aliphatic rings. The van der Waals surface area contributed by atoms with Crippen LogP contribution in [0.2, 0.25) is 0 Å². The zero-order chi connectivity index (χ0) is 14.7. The number of rotatable bonds is 3. The van der Waals surface area contributed by atoms with Crippen LogP contribution in [-0.4, -0.2) is 33.2 Å². The first-order valence-electron chi connectivity index (χ1n) is 6.25. The average Bonchev–Trinajstić information content (AvgIpc) is 2.39. The third-order valence-electron chi connectivity index (χ3n) is 2.96. The van der Waals surface area contributed by atoms with Gasteiger partial charge in [-0.05, 0) is 19.8 Å². The molecule has 0 aliphatic carbocycles. The van der Waals surface area contributed by atoms with Gasteiger partial charge in [0.2, 0.25) is 0 Å². The van der Waals surface area contributed by atoms with Gasteiger partial charge < -0.3 is 9.84 Å². The molecule has 0 bridgehead atoms. The highest BCUT2D eigenvalue weighted by Crippen LogP contribution is 2.22. The van der Waals surface area contributed by atoms with Gasteiger partial charge in [0.1, 0.15) is 11.4 Å². The van der Waals surface area contributed by atoms with Crippen molar-refractivity contribution in [3.8, 4) is 0 Å². The van der Waals surface area contributed by atoms with E-state index in [0.717, 1.165) is 12.3 Å². The van der Waals surface area contributed by atoms with Crippen LogP contribution in [0.25, 0.3) is 5.57 Å². The highest BCUT2D eigenvalue weighted by atomic mass is 16.5. The minimum Gasteiger partial charge on any atom is -0.478 e. The highest BCUT2D eigenvalue weighted by molar-refractivity contribution is 5.90. The lowest BCUT2D eigenvalue weighted by atomic mass is 10.0. The fourth-order valence-corrected chi connectivity index (χ4v) is 2.13. The lowest BCUT2D eigenvalue weighted by molar-refractivity contribution is -0.131. The maximum absolute atomic E-state index is 12.2. The Morgan fingerprint density at radius 2 is 2.30 bits per heavy atom. The second-order valence-electron chi connectivity index (χ2n) is 4.28. The summed E-state index contributed by atoms with van der Waals surface area (Å²) in [6, 6.07) is 0. The van der Waals surface area contributed by atoms with Crippen molar-refractivity contribution in [3.05, 3.63) is 34.0 Å². The third-order valence-corrected chi connectivity index (χ3v) is 2.96. The molecule has 2 rings (SSSR count). The molecule has 1 aliphatic heterocycles.